The number of methoxy groups -OCH3 is 1. The summed E-state index contributed by atoms with van der Waals surface area (Å²) in [6.07, 6.45) is 2.44. The second kappa shape index (κ2) is 11.4. The molecule has 1 aromatic heterocycles. The molecule has 218 valence electrons. The van der Waals surface area contributed by atoms with Crippen LogP contribution in [0.25, 0.3) is 22.2 Å². The third-order valence-electron chi connectivity index (χ3n) is 8.55. The number of nitrogens with zero attached hydrogens (tertiary/aromatic N) is 2. The molecule has 0 bridgehead atoms. The number of imide groups is 1. The molecule has 1 saturated carbocycles. The van der Waals surface area contributed by atoms with Crippen molar-refractivity contribution in [1.82, 2.24) is 4.98 Å². The molecule has 3 unspecified atom stereocenters. The summed E-state index contributed by atoms with van der Waals surface area (Å²) in [5.74, 6) is -1.03. The van der Waals surface area contributed by atoms with E-state index in [-0.39, 0.29) is 35.0 Å². The monoisotopic (exact) mass is 576 g/mol. The molecule has 2 fully saturated rings. The minimum atomic E-state index is -1.02. The first-order chi connectivity index (χ1) is 20.8. The highest BCUT2D eigenvalue weighted by Crippen LogP contribution is 2.40. The third-order valence-corrected chi connectivity index (χ3v) is 8.55. The molecule has 8 heteroatoms. The Balaban J connectivity index is 1.29. The van der Waals surface area contributed by atoms with E-state index in [4.69, 9.17) is 14.5 Å². The molecule has 0 radical (unpaired) electrons. The number of hydrogen-bond donors (Lipinski definition) is 0. The number of carbonyl (C=O) groups is 4. The van der Waals surface area contributed by atoms with Gasteiger partial charge in [0.05, 0.1) is 41.4 Å². The number of benzene rings is 3. The molecule has 0 N–H and O–H groups in total. The Morgan fingerprint density at radius 3 is 2.19 bits per heavy atom. The van der Waals surface area contributed by atoms with E-state index in [0.29, 0.717) is 39.2 Å². The first kappa shape index (κ1) is 28.3. The molecule has 1 aliphatic carbocycles. The number of para-hydroxylation sites is 1. The number of rotatable bonds is 7. The van der Waals surface area contributed by atoms with Crippen molar-refractivity contribution in [1.29, 1.82) is 0 Å². The second-order valence-corrected chi connectivity index (χ2v) is 11.2. The normalized spacial score (nSPS) is 18.8. The molecule has 2 amide bonds. The van der Waals surface area contributed by atoms with Crippen molar-refractivity contribution in [3.8, 4) is 17.0 Å². The zero-order chi connectivity index (χ0) is 30.2. The zero-order valence-corrected chi connectivity index (χ0v) is 24.3. The predicted octanol–water partition coefficient (Wildman–Crippen LogP) is 6.33. The molecule has 0 spiro atoms. The number of pyridine rings is 1. The van der Waals surface area contributed by atoms with Gasteiger partial charge in [0, 0.05) is 16.5 Å². The fraction of sp³-hybridized carbons (Fsp3) is 0.286. The van der Waals surface area contributed by atoms with E-state index in [9.17, 15) is 19.2 Å². The summed E-state index contributed by atoms with van der Waals surface area (Å²) in [5, 5.41) is 0.616. The van der Waals surface area contributed by atoms with Gasteiger partial charge in [-0.1, -0.05) is 43.2 Å². The first-order valence-electron chi connectivity index (χ1n) is 14.5. The van der Waals surface area contributed by atoms with Crippen LogP contribution in [0.5, 0.6) is 5.75 Å². The zero-order valence-electron chi connectivity index (χ0n) is 24.3. The van der Waals surface area contributed by atoms with Gasteiger partial charge >= 0.3 is 5.97 Å². The molecule has 6 rings (SSSR count). The summed E-state index contributed by atoms with van der Waals surface area (Å²) < 4.78 is 10.8. The van der Waals surface area contributed by atoms with Gasteiger partial charge in [0.1, 0.15) is 5.75 Å². The number of carbonyl (C=O) groups excluding carboxylic acids is 4. The highest BCUT2D eigenvalue weighted by Gasteiger charge is 2.48. The van der Waals surface area contributed by atoms with Crippen LogP contribution in [0.15, 0.2) is 72.8 Å². The van der Waals surface area contributed by atoms with Crippen LogP contribution in [-0.4, -0.2) is 41.8 Å². The maximum absolute atomic E-state index is 13.5. The molecular formula is C35H32N2O6. The SMILES string of the molecule is COc1ccc(C(=O)C(C)OC(=O)c2cc(-c3ccc(N4C(=O)C5CCCCC5C4=O)cc3)nc3c(C)cccc23)cc1. The van der Waals surface area contributed by atoms with Gasteiger partial charge in [0.15, 0.2) is 6.10 Å². The Morgan fingerprint density at radius 1 is 0.907 bits per heavy atom. The average molecular weight is 577 g/mol. The molecule has 3 atom stereocenters. The maximum Gasteiger partial charge on any atom is 0.339 e. The van der Waals surface area contributed by atoms with E-state index < -0.39 is 12.1 Å². The summed E-state index contributed by atoms with van der Waals surface area (Å²) in [6.45, 7) is 3.47. The molecule has 2 aliphatic rings. The lowest BCUT2D eigenvalue weighted by atomic mass is 9.81. The van der Waals surface area contributed by atoms with Crippen LogP contribution in [0.4, 0.5) is 5.69 Å². The van der Waals surface area contributed by atoms with Crippen molar-refractivity contribution in [3.63, 3.8) is 0 Å². The van der Waals surface area contributed by atoms with E-state index in [1.165, 1.54) is 4.90 Å². The number of ketones is 1. The summed E-state index contributed by atoms with van der Waals surface area (Å²) >= 11 is 0. The highest BCUT2D eigenvalue weighted by molar-refractivity contribution is 6.22. The summed E-state index contributed by atoms with van der Waals surface area (Å²) in [4.78, 5) is 58.9. The average Bonchev–Trinajstić information content (AvgIpc) is 3.29. The summed E-state index contributed by atoms with van der Waals surface area (Å²) in [6, 6.07) is 21.0. The molecule has 3 aromatic carbocycles. The van der Waals surface area contributed by atoms with Crippen LogP contribution >= 0.6 is 0 Å². The van der Waals surface area contributed by atoms with Gasteiger partial charge in [0.25, 0.3) is 0 Å². The van der Waals surface area contributed by atoms with Gasteiger partial charge in [-0.05, 0) is 74.7 Å². The van der Waals surface area contributed by atoms with Crippen LogP contribution in [0.2, 0.25) is 0 Å². The third kappa shape index (κ3) is 5.18. The lowest BCUT2D eigenvalue weighted by Gasteiger charge is -2.19. The molecular weight excluding hydrogens is 544 g/mol. The van der Waals surface area contributed by atoms with E-state index >= 15 is 0 Å². The number of amides is 2. The van der Waals surface area contributed by atoms with Gasteiger partial charge in [-0.15, -0.1) is 0 Å². The molecule has 8 nitrogen and oxygen atoms in total. The largest absolute Gasteiger partial charge is 0.497 e. The number of aromatic nitrogens is 1. The van der Waals surface area contributed by atoms with Gasteiger partial charge < -0.3 is 9.47 Å². The number of ether oxygens (including phenoxy) is 2. The van der Waals surface area contributed by atoms with E-state index in [1.54, 1.807) is 74.7 Å². The van der Waals surface area contributed by atoms with E-state index in [1.807, 2.05) is 19.1 Å². The highest BCUT2D eigenvalue weighted by atomic mass is 16.5. The topological polar surface area (TPSA) is 103 Å². The lowest BCUT2D eigenvalue weighted by Crippen LogP contribution is -2.30. The quantitative estimate of drug-likeness (QED) is 0.144. The van der Waals surface area contributed by atoms with Crippen LogP contribution in [-0.2, 0) is 14.3 Å². The Morgan fingerprint density at radius 2 is 1.56 bits per heavy atom. The predicted molar refractivity (Wildman–Crippen MR) is 162 cm³/mol. The fourth-order valence-corrected chi connectivity index (χ4v) is 6.17. The van der Waals surface area contributed by atoms with E-state index in [0.717, 1.165) is 31.2 Å². The van der Waals surface area contributed by atoms with Crippen molar-refractivity contribution < 1.29 is 28.7 Å². The number of esters is 1. The lowest BCUT2D eigenvalue weighted by molar-refractivity contribution is -0.122. The van der Waals surface area contributed by atoms with Crippen molar-refractivity contribution in [2.75, 3.05) is 12.0 Å². The Bertz CT molecular complexity index is 1720. The Labute approximate surface area is 249 Å². The number of hydrogen-bond acceptors (Lipinski definition) is 7. The number of anilines is 1. The minimum absolute atomic E-state index is 0.120. The van der Waals surface area contributed by atoms with Gasteiger partial charge in [-0.3, -0.25) is 19.3 Å². The second-order valence-electron chi connectivity index (χ2n) is 11.2. The number of aryl methyl sites for hydroxylation is 1. The van der Waals surface area contributed by atoms with E-state index in [2.05, 4.69) is 0 Å². The van der Waals surface area contributed by atoms with Crippen molar-refractivity contribution in [2.24, 2.45) is 11.8 Å². The fourth-order valence-electron chi connectivity index (χ4n) is 6.17. The standard InChI is InChI=1S/C35H32N2O6/c1-20-7-6-10-26-29(35(41)43-21(2)32(38)23-13-17-25(42-3)18-14-23)19-30(36-31(20)26)22-11-15-24(16-12-22)37-33(39)27-8-4-5-9-28(27)34(37)40/h6-7,10-19,21,27-28H,4-5,8-9H2,1-3H3. The van der Waals surface area contributed by atoms with Crippen molar-refractivity contribution in [2.45, 2.75) is 45.6 Å². The number of Topliss-reactive ketones (excluding diaryl/α,β-unsaturated/α-hetero) is 1. The van der Waals surface area contributed by atoms with Crippen LogP contribution < -0.4 is 9.64 Å². The first-order valence-corrected chi connectivity index (χ1v) is 14.5. The smallest absolute Gasteiger partial charge is 0.339 e. The van der Waals surface area contributed by atoms with Crippen LogP contribution in [0, 0.1) is 18.8 Å². The van der Waals surface area contributed by atoms with Crippen LogP contribution in [0.1, 0.15) is 58.9 Å². The van der Waals surface area contributed by atoms with Crippen LogP contribution in [0.3, 0.4) is 0 Å². The Kier molecular flexibility index (Phi) is 7.52. The molecule has 1 aliphatic heterocycles. The van der Waals surface area contributed by atoms with Gasteiger partial charge in [-0.25, -0.2) is 9.78 Å². The molecule has 43 heavy (non-hydrogen) atoms. The molecule has 4 aromatic rings. The molecule has 2 heterocycles. The Hall–Kier alpha value is -4.85. The summed E-state index contributed by atoms with van der Waals surface area (Å²) in [5.41, 5.74) is 3.99. The summed E-state index contributed by atoms with van der Waals surface area (Å²) in [7, 11) is 1.55. The van der Waals surface area contributed by atoms with Gasteiger partial charge in [0.2, 0.25) is 17.6 Å². The molecule has 1 saturated heterocycles. The van der Waals surface area contributed by atoms with Crippen molar-refractivity contribution in [3.05, 3.63) is 89.5 Å². The maximum atomic E-state index is 13.5. The van der Waals surface area contributed by atoms with Gasteiger partial charge in [-0.2, -0.15) is 0 Å². The van der Waals surface area contributed by atoms with Crippen molar-refractivity contribution >= 4 is 40.2 Å². The number of fused-ring (bicyclic) bond motifs is 2. The minimum Gasteiger partial charge on any atom is -0.497 e.